The first-order chi connectivity index (χ1) is 6.33. The first-order valence-electron chi connectivity index (χ1n) is 4.65. The van der Waals surface area contributed by atoms with Crippen molar-refractivity contribution >= 4 is 17.8 Å². The topological polar surface area (TPSA) is 67.1 Å². The van der Waals surface area contributed by atoms with Gasteiger partial charge >= 0.3 is 6.03 Å². The minimum Gasteiger partial charge on any atom is -0.337 e. The summed E-state index contributed by atoms with van der Waals surface area (Å²) in [6.45, 7) is 1.04. The maximum Gasteiger partial charge on any atom is 0.315 e. The van der Waals surface area contributed by atoms with E-state index in [1.165, 1.54) is 12.2 Å². The zero-order valence-corrected chi connectivity index (χ0v) is 8.53. The lowest BCUT2D eigenvalue weighted by atomic mass is 10.2. The van der Waals surface area contributed by atoms with Crippen molar-refractivity contribution < 1.29 is 4.79 Å². The van der Waals surface area contributed by atoms with Crippen molar-refractivity contribution in [3.05, 3.63) is 0 Å². The van der Waals surface area contributed by atoms with E-state index in [-0.39, 0.29) is 6.03 Å². The predicted molar refractivity (Wildman–Crippen MR) is 55.9 cm³/mol. The molecule has 0 spiro atoms. The third kappa shape index (κ3) is 4.38. The Hall–Kier alpha value is -0.420. The smallest absolute Gasteiger partial charge is 0.315 e. The lowest BCUT2D eigenvalue weighted by molar-refractivity contribution is 0.237. The molecule has 1 heterocycles. The quantitative estimate of drug-likeness (QED) is 0.611. The van der Waals surface area contributed by atoms with Crippen LogP contribution in [0.25, 0.3) is 0 Å². The summed E-state index contributed by atoms with van der Waals surface area (Å²) >= 11 is 1.90. The normalized spacial score (nSPS) is 22.4. The van der Waals surface area contributed by atoms with E-state index in [0.717, 1.165) is 12.2 Å². The molecule has 0 aromatic rings. The van der Waals surface area contributed by atoms with Crippen LogP contribution < -0.4 is 16.4 Å². The highest BCUT2D eigenvalue weighted by Crippen LogP contribution is 2.16. The van der Waals surface area contributed by atoms with Gasteiger partial charge in [0.1, 0.15) is 0 Å². The highest BCUT2D eigenvalue weighted by atomic mass is 32.2. The molecule has 0 bridgehead atoms. The van der Waals surface area contributed by atoms with Crippen LogP contribution in [0.1, 0.15) is 12.8 Å². The fourth-order valence-electron chi connectivity index (χ4n) is 1.28. The van der Waals surface area contributed by atoms with Crippen LogP contribution in [0.4, 0.5) is 4.79 Å². The van der Waals surface area contributed by atoms with E-state index >= 15 is 0 Å². The van der Waals surface area contributed by atoms with Gasteiger partial charge in [-0.3, -0.25) is 0 Å². The molecule has 0 radical (unpaired) electrons. The molecule has 76 valence electrons. The second-order valence-electron chi connectivity index (χ2n) is 3.10. The Labute approximate surface area is 83.0 Å². The van der Waals surface area contributed by atoms with E-state index in [0.29, 0.717) is 19.1 Å². The molecule has 13 heavy (non-hydrogen) atoms. The molecule has 4 N–H and O–H groups in total. The number of nitrogens with two attached hydrogens (primary N) is 1. The molecule has 1 unspecified atom stereocenters. The van der Waals surface area contributed by atoms with Crippen molar-refractivity contribution in [3.63, 3.8) is 0 Å². The summed E-state index contributed by atoms with van der Waals surface area (Å²) in [7, 11) is 0. The third-order valence-electron chi connectivity index (χ3n) is 1.93. The van der Waals surface area contributed by atoms with Crippen molar-refractivity contribution in [2.24, 2.45) is 5.73 Å². The van der Waals surface area contributed by atoms with Crippen LogP contribution in [-0.2, 0) is 0 Å². The molecule has 0 aromatic heterocycles. The van der Waals surface area contributed by atoms with E-state index < -0.39 is 0 Å². The van der Waals surface area contributed by atoms with Gasteiger partial charge in [0.2, 0.25) is 0 Å². The van der Waals surface area contributed by atoms with E-state index in [4.69, 9.17) is 5.73 Å². The number of rotatable bonds is 3. The highest BCUT2D eigenvalue weighted by molar-refractivity contribution is 7.99. The summed E-state index contributed by atoms with van der Waals surface area (Å²) in [6, 6.07) is 0.259. The van der Waals surface area contributed by atoms with Gasteiger partial charge in [0.15, 0.2) is 0 Å². The highest BCUT2D eigenvalue weighted by Gasteiger charge is 2.15. The van der Waals surface area contributed by atoms with Gasteiger partial charge in [-0.15, -0.1) is 0 Å². The molecule has 0 aromatic carbocycles. The maximum atomic E-state index is 11.2. The van der Waals surface area contributed by atoms with Crippen LogP contribution in [0.3, 0.4) is 0 Å². The van der Waals surface area contributed by atoms with Gasteiger partial charge < -0.3 is 16.4 Å². The number of carbonyl (C=O) groups is 1. The van der Waals surface area contributed by atoms with E-state index in [1.54, 1.807) is 0 Å². The Morgan fingerprint density at radius 1 is 1.62 bits per heavy atom. The van der Waals surface area contributed by atoms with Crippen molar-refractivity contribution in [2.75, 3.05) is 24.6 Å². The molecule has 1 rings (SSSR count). The number of nitrogens with one attached hydrogen (secondary N) is 2. The first-order valence-corrected chi connectivity index (χ1v) is 5.80. The minimum atomic E-state index is -0.0852. The van der Waals surface area contributed by atoms with Crippen LogP contribution in [0.2, 0.25) is 0 Å². The summed E-state index contributed by atoms with van der Waals surface area (Å²) in [5.41, 5.74) is 5.26. The lowest BCUT2D eigenvalue weighted by Crippen LogP contribution is -2.45. The van der Waals surface area contributed by atoms with Gasteiger partial charge in [0.05, 0.1) is 0 Å². The van der Waals surface area contributed by atoms with E-state index in [9.17, 15) is 4.79 Å². The van der Waals surface area contributed by atoms with Crippen LogP contribution in [0, 0.1) is 0 Å². The van der Waals surface area contributed by atoms with Crippen LogP contribution in [-0.4, -0.2) is 36.7 Å². The summed E-state index contributed by atoms with van der Waals surface area (Å²) in [5, 5.41) is 5.62. The molecule has 0 aliphatic carbocycles. The molecule has 1 atom stereocenters. The number of carbonyl (C=O) groups excluding carboxylic acids is 1. The molecule has 2 amide bonds. The van der Waals surface area contributed by atoms with Gasteiger partial charge in [0, 0.05) is 24.9 Å². The number of amides is 2. The maximum absolute atomic E-state index is 11.2. The van der Waals surface area contributed by atoms with Crippen LogP contribution in [0.5, 0.6) is 0 Å². The summed E-state index contributed by atoms with van der Waals surface area (Å²) in [5.74, 6) is 2.26. The molecular weight excluding hydrogens is 186 g/mol. The molecule has 1 aliphatic heterocycles. The standard InChI is InChI=1S/C8H17N3OS/c9-3-4-10-8(12)11-7-2-1-5-13-6-7/h7H,1-6,9H2,(H2,10,11,12). The third-order valence-corrected chi connectivity index (χ3v) is 3.14. The molecule has 1 fully saturated rings. The second kappa shape index (κ2) is 6.10. The molecule has 5 heteroatoms. The van der Waals surface area contributed by atoms with Gasteiger partial charge in [-0.05, 0) is 18.6 Å². The van der Waals surface area contributed by atoms with Crippen molar-refractivity contribution in [1.29, 1.82) is 0 Å². The molecule has 1 saturated heterocycles. The molecule has 1 aliphatic rings. The average molecular weight is 203 g/mol. The van der Waals surface area contributed by atoms with Gasteiger partial charge in [-0.2, -0.15) is 11.8 Å². The molecular formula is C8H17N3OS. The largest absolute Gasteiger partial charge is 0.337 e. The monoisotopic (exact) mass is 203 g/mol. The van der Waals surface area contributed by atoms with Gasteiger partial charge in [0.25, 0.3) is 0 Å². The Kier molecular flexibility index (Phi) is 5.00. The minimum absolute atomic E-state index is 0.0852. The lowest BCUT2D eigenvalue weighted by Gasteiger charge is -2.22. The Morgan fingerprint density at radius 3 is 3.08 bits per heavy atom. The first kappa shape index (κ1) is 10.7. The Bertz CT molecular complexity index is 159. The fraction of sp³-hybridized carbons (Fsp3) is 0.875. The number of hydrogen-bond donors (Lipinski definition) is 3. The van der Waals surface area contributed by atoms with E-state index in [2.05, 4.69) is 10.6 Å². The van der Waals surface area contributed by atoms with Crippen LogP contribution >= 0.6 is 11.8 Å². The average Bonchev–Trinajstić information content (AvgIpc) is 2.16. The van der Waals surface area contributed by atoms with Crippen molar-refractivity contribution in [3.8, 4) is 0 Å². The van der Waals surface area contributed by atoms with Gasteiger partial charge in [-0.1, -0.05) is 0 Å². The van der Waals surface area contributed by atoms with Gasteiger partial charge in [-0.25, -0.2) is 4.79 Å². The summed E-state index contributed by atoms with van der Waals surface area (Å²) in [6.07, 6.45) is 2.30. The summed E-state index contributed by atoms with van der Waals surface area (Å²) in [4.78, 5) is 11.2. The van der Waals surface area contributed by atoms with Crippen molar-refractivity contribution in [2.45, 2.75) is 18.9 Å². The zero-order chi connectivity index (χ0) is 9.52. The summed E-state index contributed by atoms with van der Waals surface area (Å²) < 4.78 is 0. The zero-order valence-electron chi connectivity index (χ0n) is 7.71. The molecule has 4 nitrogen and oxygen atoms in total. The predicted octanol–water partition coefficient (Wildman–Crippen LogP) is 0.140. The fourth-order valence-corrected chi connectivity index (χ4v) is 2.35. The Morgan fingerprint density at radius 2 is 2.46 bits per heavy atom. The number of thioether (sulfide) groups is 1. The SMILES string of the molecule is NCCNC(=O)NC1CCCSC1. The second-order valence-corrected chi connectivity index (χ2v) is 4.25. The number of urea groups is 1. The molecule has 0 saturated carbocycles. The number of hydrogen-bond acceptors (Lipinski definition) is 3. The van der Waals surface area contributed by atoms with Crippen molar-refractivity contribution in [1.82, 2.24) is 10.6 Å². The Balaban J connectivity index is 2.11. The van der Waals surface area contributed by atoms with E-state index in [1.807, 2.05) is 11.8 Å². The van der Waals surface area contributed by atoms with Crippen LogP contribution in [0.15, 0.2) is 0 Å².